The van der Waals surface area contributed by atoms with Gasteiger partial charge in [0.1, 0.15) is 0 Å². The predicted octanol–water partition coefficient (Wildman–Crippen LogP) is 4.38. The van der Waals surface area contributed by atoms with Crippen LogP contribution in [0.15, 0.2) is 53.9 Å². The number of benzene rings is 2. The maximum atomic E-state index is 11.0. The molecule has 1 aromatic heterocycles. The molecule has 0 amide bonds. The van der Waals surface area contributed by atoms with Gasteiger partial charge in [-0.25, -0.2) is 0 Å². The largest absolute Gasteiger partial charge is 0.298 e. The van der Waals surface area contributed by atoms with Crippen molar-refractivity contribution < 1.29 is 4.79 Å². The Morgan fingerprint density at radius 3 is 2.41 bits per heavy atom. The molecule has 0 aliphatic rings. The van der Waals surface area contributed by atoms with Crippen LogP contribution in [0, 0.1) is 0 Å². The molecule has 82 valence electrons. The molecule has 0 unspecified atom stereocenters. The summed E-state index contributed by atoms with van der Waals surface area (Å²) in [6, 6.07) is 16.1. The van der Waals surface area contributed by atoms with Gasteiger partial charge in [0.05, 0.1) is 0 Å². The van der Waals surface area contributed by atoms with Crippen molar-refractivity contribution in [3.63, 3.8) is 0 Å². The predicted molar refractivity (Wildman–Crippen MR) is 72.6 cm³/mol. The van der Waals surface area contributed by atoms with Crippen molar-refractivity contribution in [2.75, 3.05) is 0 Å². The number of hydrogen-bond acceptors (Lipinski definition) is 2. The van der Waals surface area contributed by atoms with Crippen molar-refractivity contribution in [2.24, 2.45) is 0 Å². The first-order valence-electron chi connectivity index (χ1n) is 5.41. The van der Waals surface area contributed by atoms with Crippen molar-refractivity contribution in [3.05, 3.63) is 59.5 Å². The lowest BCUT2D eigenvalue weighted by molar-refractivity contribution is 0.112. The molecular formula is C15H10OS. The standard InChI is InChI=1S/C15H10OS/c16-10-11-7-8-14(15-6-3-9-17-15)13-5-2-1-4-12(11)13/h1-10H. The minimum absolute atomic E-state index is 0.751. The normalized spacial score (nSPS) is 10.6. The second-order valence-corrected chi connectivity index (χ2v) is 4.79. The number of hydrogen-bond donors (Lipinski definition) is 0. The van der Waals surface area contributed by atoms with E-state index in [-0.39, 0.29) is 0 Å². The summed E-state index contributed by atoms with van der Waals surface area (Å²) in [4.78, 5) is 12.3. The van der Waals surface area contributed by atoms with Gasteiger partial charge in [0, 0.05) is 10.4 Å². The Hall–Kier alpha value is -1.93. The molecule has 0 aliphatic heterocycles. The van der Waals surface area contributed by atoms with Crippen LogP contribution in [0.2, 0.25) is 0 Å². The van der Waals surface area contributed by atoms with Gasteiger partial charge in [-0.1, -0.05) is 42.5 Å². The van der Waals surface area contributed by atoms with E-state index >= 15 is 0 Å². The van der Waals surface area contributed by atoms with Crippen LogP contribution in [0.3, 0.4) is 0 Å². The van der Waals surface area contributed by atoms with E-state index in [4.69, 9.17) is 0 Å². The first kappa shape index (κ1) is 10.2. The molecule has 0 saturated heterocycles. The maximum absolute atomic E-state index is 11.0. The number of rotatable bonds is 2. The highest BCUT2D eigenvalue weighted by Crippen LogP contribution is 2.32. The van der Waals surface area contributed by atoms with E-state index in [1.54, 1.807) is 11.3 Å². The monoisotopic (exact) mass is 238 g/mol. The Labute approximate surface area is 103 Å². The highest BCUT2D eigenvalue weighted by atomic mass is 32.1. The van der Waals surface area contributed by atoms with E-state index < -0.39 is 0 Å². The van der Waals surface area contributed by atoms with Crippen molar-refractivity contribution in [1.29, 1.82) is 0 Å². The average molecular weight is 238 g/mol. The summed E-state index contributed by atoms with van der Waals surface area (Å²) >= 11 is 1.72. The second-order valence-electron chi connectivity index (χ2n) is 3.84. The van der Waals surface area contributed by atoms with Gasteiger partial charge in [-0.15, -0.1) is 11.3 Å². The van der Waals surface area contributed by atoms with Gasteiger partial charge >= 0.3 is 0 Å². The molecule has 2 heteroatoms. The van der Waals surface area contributed by atoms with Gasteiger partial charge in [0.15, 0.2) is 6.29 Å². The van der Waals surface area contributed by atoms with Crippen LogP contribution in [0.5, 0.6) is 0 Å². The fraction of sp³-hybridized carbons (Fsp3) is 0. The zero-order chi connectivity index (χ0) is 11.7. The lowest BCUT2D eigenvalue weighted by atomic mass is 9.99. The van der Waals surface area contributed by atoms with Gasteiger partial charge in [-0.05, 0) is 27.8 Å². The van der Waals surface area contributed by atoms with Crippen LogP contribution in [-0.2, 0) is 0 Å². The fourth-order valence-corrected chi connectivity index (χ4v) is 2.84. The molecule has 0 N–H and O–H groups in total. The highest BCUT2D eigenvalue weighted by Gasteiger charge is 2.07. The summed E-state index contributed by atoms with van der Waals surface area (Å²) in [5.41, 5.74) is 1.95. The fourth-order valence-electron chi connectivity index (χ4n) is 2.07. The van der Waals surface area contributed by atoms with Crippen LogP contribution in [0.25, 0.3) is 21.2 Å². The summed E-state index contributed by atoms with van der Waals surface area (Å²) in [5, 5.41) is 4.23. The van der Waals surface area contributed by atoms with Gasteiger partial charge in [-0.2, -0.15) is 0 Å². The third kappa shape index (κ3) is 1.67. The average Bonchev–Trinajstić information content (AvgIpc) is 2.91. The van der Waals surface area contributed by atoms with Crippen molar-refractivity contribution in [1.82, 2.24) is 0 Å². The second kappa shape index (κ2) is 4.15. The Morgan fingerprint density at radius 2 is 1.71 bits per heavy atom. The van der Waals surface area contributed by atoms with Crippen molar-refractivity contribution >= 4 is 28.4 Å². The molecule has 3 aromatic rings. The summed E-state index contributed by atoms with van der Waals surface area (Å²) in [7, 11) is 0. The molecule has 17 heavy (non-hydrogen) atoms. The molecule has 1 heterocycles. The van der Waals surface area contributed by atoms with E-state index in [1.807, 2.05) is 36.4 Å². The quantitative estimate of drug-likeness (QED) is 0.605. The van der Waals surface area contributed by atoms with E-state index in [2.05, 4.69) is 17.5 Å². The Kier molecular flexibility index (Phi) is 2.50. The number of thiophene rings is 1. The molecule has 0 aliphatic carbocycles. The summed E-state index contributed by atoms with van der Waals surface area (Å²) in [5.74, 6) is 0. The van der Waals surface area contributed by atoms with Crippen LogP contribution in [0.4, 0.5) is 0 Å². The molecule has 2 aromatic carbocycles. The van der Waals surface area contributed by atoms with Crippen molar-refractivity contribution in [3.8, 4) is 10.4 Å². The SMILES string of the molecule is O=Cc1ccc(-c2cccs2)c2ccccc12. The van der Waals surface area contributed by atoms with Gasteiger partial charge in [-0.3, -0.25) is 4.79 Å². The molecule has 0 atom stereocenters. The molecule has 0 radical (unpaired) electrons. The lowest BCUT2D eigenvalue weighted by Crippen LogP contribution is -1.85. The minimum atomic E-state index is 0.751. The van der Waals surface area contributed by atoms with Crippen LogP contribution in [-0.4, -0.2) is 6.29 Å². The molecule has 0 bridgehead atoms. The number of carbonyl (C=O) groups excluding carboxylic acids is 1. The van der Waals surface area contributed by atoms with E-state index in [1.165, 1.54) is 10.4 Å². The Balaban J connectivity index is 2.38. The summed E-state index contributed by atoms with van der Waals surface area (Å²) < 4.78 is 0. The third-order valence-corrected chi connectivity index (χ3v) is 3.77. The molecule has 0 spiro atoms. The third-order valence-electron chi connectivity index (χ3n) is 2.87. The number of aldehydes is 1. The van der Waals surface area contributed by atoms with Gasteiger partial charge in [0.25, 0.3) is 0 Å². The first-order chi connectivity index (χ1) is 8.40. The number of fused-ring (bicyclic) bond motifs is 1. The van der Waals surface area contributed by atoms with Gasteiger partial charge < -0.3 is 0 Å². The lowest BCUT2D eigenvalue weighted by Gasteiger charge is -2.06. The maximum Gasteiger partial charge on any atom is 0.150 e. The molecule has 1 nitrogen and oxygen atoms in total. The van der Waals surface area contributed by atoms with Crippen molar-refractivity contribution in [2.45, 2.75) is 0 Å². The first-order valence-corrected chi connectivity index (χ1v) is 6.29. The van der Waals surface area contributed by atoms with Crippen LogP contribution >= 0.6 is 11.3 Å². The van der Waals surface area contributed by atoms with E-state index in [0.29, 0.717) is 0 Å². The summed E-state index contributed by atoms with van der Waals surface area (Å²) in [6.07, 6.45) is 0.917. The number of carbonyl (C=O) groups is 1. The summed E-state index contributed by atoms with van der Waals surface area (Å²) in [6.45, 7) is 0. The topological polar surface area (TPSA) is 17.1 Å². The van der Waals surface area contributed by atoms with E-state index in [9.17, 15) is 4.79 Å². The van der Waals surface area contributed by atoms with Crippen LogP contribution < -0.4 is 0 Å². The molecule has 0 fully saturated rings. The molecule has 3 rings (SSSR count). The smallest absolute Gasteiger partial charge is 0.150 e. The van der Waals surface area contributed by atoms with Gasteiger partial charge in [0.2, 0.25) is 0 Å². The highest BCUT2D eigenvalue weighted by molar-refractivity contribution is 7.13. The Bertz CT molecular complexity index is 668. The zero-order valence-corrected chi connectivity index (χ0v) is 9.91. The van der Waals surface area contributed by atoms with E-state index in [0.717, 1.165) is 22.6 Å². The Morgan fingerprint density at radius 1 is 0.882 bits per heavy atom. The molecule has 0 saturated carbocycles. The minimum Gasteiger partial charge on any atom is -0.298 e. The van der Waals surface area contributed by atoms with Crippen LogP contribution in [0.1, 0.15) is 10.4 Å². The zero-order valence-electron chi connectivity index (χ0n) is 9.09. The molecular weight excluding hydrogens is 228 g/mol.